The summed E-state index contributed by atoms with van der Waals surface area (Å²) in [6.45, 7) is 0.955. The molecule has 27 heavy (non-hydrogen) atoms. The molecule has 1 heterocycles. The maximum absolute atomic E-state index is 12.7. The lowest BCUT2D eigenvalue weighted by Gasteiger charge is -2.16. The Labute approximate surface area is 153 Å². The average molecular weight is 372 g/mol. The molecule has 0 aliphatic heterocycles. The zero-order valence-corrected chi connectivity index (χ0v) is 14.6. The van der Waals surface area contributed by atoms with Crippen LogP contribution in [-0.2, 0) is 18.0 Å². The third-order valence-corrected chi connectivity index (χ3v) is 4.33. The first kappa shape index (κ1) is 18.3. The Morgan fingerprint density at radius 1 is 1.19 bits per heavy atom. The number of rotatable bonds is 6. The van der Waals surface area contributed by atoms with Crippen LogP contribution in [0.15, 0.2) is 35.6 Å². The van der Waals surface area contributed by atoms with Crippen LogP contribution in [0.1, 0.15) is 39.0 Å². The van der Waals surface area contributed by atoms with E-state index < -0.39 is 23.1 Å². The van der Waals surface area contributed by atoms with Crippen molar-refractivity contribution in [1.29, 1.82) is 0 Å². The van der Waals surface area contributed by atoms with Gasteiger partial charge in [0.15, 0.2) is 5.76 Å². The van der Waals surface area contributed by atoms with Crippen molar-refractivity contribution in [2.45, 2.75) is 20.1 Å². The molecule has 0 saturated heterocycles. The first-order valence-corrected chi connectivity index (χ1v) is 7.95. The minimum absolute atomic E-state index is 0.0485. The number of ether oxygens (including phenoxy) is 2. The Bertz CT molecular complexity index is 970. The summed E-state index contributed by atoms with van der Waals surface area (Å²) in [6, 6.07) is 5.43. The van der Waals surface area contributed by atoms with E-state index in [1.807, 2.05) is 0 Å². The minimum Gasteiger partial charge on any atom is -0.492 e. The van der Waals surface area contributed by atoms with Gasteiger partial charge in [0.1, 0.15) is 12.4 Å². The molecule has 140 valence electrons. The van der Waals surface area contributed by atoms with Gasteiger partial charge in [0, 0.05) is 29.0 Å². The monoisotopic (exact) mass is 372 g/mol. The normalized spacial score (nSPS) is 13.6. The number of ketones is 2. The molecular formula is C18H16N2O7. The van der Waals surface area contributed by atoms with Crippen LogP contribution in [0.25, 0.3) is 0 Å². The fourth-order valence-electron chi connectivity index (χ4n) is 2.95. The first-order valence-electron chi connectivity index (χ1n) is 7.95. The second-order valence-electron chi connectivity index (χ2n) is 5.85. The van der Waals surface area contributed by atoms with Gasteiger partial charge in [0.05, 0.1) is 29.9 Å². The number of carbonyl (C=O) groups excluding carboxylic acids is 2. The highest BCUT2D eigenvalue weighted by atomic mass is 16.6. The van der Waals surface area contributed by atoms with Crippen LogP contribution in [0.4, 0.5) is 5.69 Å². The summed E-state index contributed by atoms with van der Waals surface area (Å²) in [6.07, 6.45) is 0. The summed E-state index contributed by atoms with van der Waals surface area (Å²) in [7, 11) is 1.31. The highest BCUT2D eigenvalue weighted by Crippen LogP contribution is 2.32. The van der Waals surface area contributed by atoms with Crippen molar-refractivity contribution >= 4 is 17.3 Å². The number of hydrogen-bond acceptors (Lipinski definition) is 7. The molecule has 1 aromatic carbocycles. The Morgan fingerprint density at radius 3 is 2.41 bits per heavy atom. The molecule has 1 aromatic heterocycles. The predicted molar refractivity (Wildman–Crippen MR) is 92.5 cm³/mol. The lowest BCUT2D eigenvalue weighted by atomic mass is 9.91. The Balaban J connectivity index is 1.94. The van der Waals surface area contributed by atoms with Gasteiger partial charge < -0.3 is 19.6 Å². The molecule has 2 aromatic rings. The molecule has 0 radical (unpaired) electrons. The largest absolute Gasteiger partial charge is 0.492 e. The van der Waals surface area contributed by atoms with E-state index >= 15 is 0 Å². The van der Waals surface area contributed by atoms with Crippen LogP contribution in [-0.4, -0.2) is 33.7 Å². The van der Waals surface area contributed by atoms with Crippen LogP contribution in [0.2, 0.25) is 0 Å². The molecule has 0 saturated carbocycles. The smallest absolute Gasteiger partial charge is 0.269 e. The second kappa shape index (κ2) is 7.04. The number of Topliss-reactive ketones (excluding diaryl/α,β-unsaturated/α-hetero) is 2. The molecule has 0 amide bonds. The van der Waals surface area contributed by atoms with Crippen molar-refractivity contribution in [3.8, 4) is 5.75 Å². The number of nitrogens with one attached hydrogen (secondary N) is 1. The molecule has 0 fully saturated rings. The van der Waals surface area contributed by atoms with Gasteiger partial charge in [-0.3, -0.25) is 19.7 Å². The third-order valence-electron chi connectivity index (χ3n) is 4.33. The van der Waals surface area contributed by atoms with Gasteiger partial charge in [-0.1, -0.05) is 0 Å². The number of aliphatic hydroxyl groups excluding tert-OH is 1. The van der Waals surface area contributed by atoms with Crippen LogP contribution >= 0.6 is 0 Å². The summed E-state index contributed by atoms with van der Waals surface area (Å²) in [5.74, 6) is -0.569. The fraction of sp³-hybridized carbons (Fsp3) is 0.222. The average Bonchev–Trinajstić information content (AvgIpc) is 3.04. The Hall–Kier alpha value is -3.46. The van der Waals surface area contributed by atoms with Crippen molar-refractivity contribution in [2.75, 3.05) is 7.11 Å². The number of aromatic amines is 1. The third kappa shape index (κ3) is 3.08. The van der Waals surface area contributed by atoms with E-state index in [0.717, 1.165) is 0 Å². The maximum Gasteiger partial charge on any atom is 0.269 e. The van der Waals surface area contributed by atoms with E-state index in [9.17, 15) is 24.8 Å². The molecule has 0 unspecified atom stereocenters. The van der Waals surface area contributed by atoms with Gasteiger partial charge in [0.2, 0.25) is 11.6 Å². The van der Waals surface area contributed by atoms with E-state index in [2.05, 4.69) is 4.98 Å². The van der Waals surface area contributed by atoms with E-state index in [1.165, 1.54) is 38.3 Å². The summed E-state index contributed by atoms with van der Waals surface area (Å²) in [5, 5.41) is 20.3. The number of benzene rings is 1. The number of nitro groups is 1. The minimum atomic E-state index is -0.526. The van der Waals surface area contributed by atoms with Gasteiger partial charge in [-0.05, 0) is 19.1 Å². The number of nitrogens with zero attached hydrogens (tertiary/aromatic N) is 1. The number of methoxy groups -OCH3 is 1. The number of allylic oxidation sites excluding steroid dienone is 2. The molecule has 2 N–H and O–H groups in total. The van der Waals surface area contributed by atoms with E-state index in [1.54, 1.807) is 0 Å². The summed E-state index contributed by atoms with van der Waals surface area (Å²) >= 11 is 0. The molecule has 9 nitrogen and oxygen atoms in total. The zero-order chi connectivity index (χ0) is 19.7. The first-order chi connectivity index (χ1) is 12.9. The van der Waals surface area contributed by atoms with Crippen LogP contribution in [0.5, 0.6) is 5.75 Å². The summed E-state index contributed by atoms with van der Waals surface area (Å²) in [5.41, 5.74) is 0.921. The molecule has 9 heteroatoms. The summed E-state index contributed by atoms with van der Waals surface area (Å²) in [4.78, 5) is 38.2. The van der Waals surface area contributed by atoms with Crippen molar-refractivity contribution in [1.82, 2.24) is 4.98 Å². The fourth-order valence-corrected chi connectivity index (χ4v) is 2.95. The van der Waals surface area contributed by atoms with Gasteiger partial charge in [0.25, 0.3) is 5.69 Å². The second-order valence-corrected chi connectivity index (χ2v) is 5.85. The Morgan fingerprint density at radius 2 is 1.85 bits per heavy atom. The van der Waals surface area contributed by atoms with Crippen molar-refractivity contribution in [3.05, 3.63) is 68.2 Å². The number of nitro benzene ring substituents is 1. The molecule has 1 aliphatic rings. The zero-order valence-electron chi connectivity index (χ0n) is 14.6. The molecule has 0 bridgehead atoms. The van der Waals surface area contributed by atoms with Gasteiger partial charge >= 0.3 is 0 Å². The van der Waals surface area contributed by atoms with Crippen LogP contribution in [0, 0.1) is 10.1 Å². The lowest BCUT2D eigenvalue weighted by molar-refractivity contribution is -0.384. The SMILES string of the molecule is COC1=C(C)C(=O)c2[nH]c(CO)c(COc3ccc([N+](=O)[O-])cc3)c2C1=O. The number of aliphatic hydroxyl groups is 1. The highest BCUT2D eigenvalue weighted by Gasteiger charge is 2.36. The lowest BCUT2D eigenvalue weighted by Crippen LogP contribution is -2.22. The molecule has 3 rings (SSSR count). The molecular weight excluding hydrogens is 356 g/mol. The number of carbonyl (C=O) groups is 2. The number of hydrogen-bond donors (Lipinski definition) is 2. The number of non-ortho nitro benzene ring substituents is 1. The number of aromatic nitrogens is 1. The highest BCUT2D eigenvalue weighted by molar-refractivity contribution is 6.26. The quantitative estimate of drug-likeness (QED) is 0.587. The van der Waals surface area contributed by atoms with Gasteiger partial charge in [-0.2, -0.15) is 0 Å². The standard InChI is InChI=1S/C18H16N2O7/c1-9-16(22)15-14(17(23)18(9)26-2)12(13(7-21)19-15)8-27-11-5-3-10(4-6-11)20(24)25/h3-6,19,21H,7-8H2,1-2H3. The van der Waals surface area contributed by atoms with Gasteiger partial charge in [-0.15, -0.1) is 0 Å². The van der Waals surface area contributed by atoms with E-state index in [-0.39, 0.29) is 40.6 Å². The van der Waals surface area contributed by atoms with Gasteiger partial charge in [-0.25, -0.2) is 0 Å². The Kier molecular flexibility index (Phi) is 4.78. The van der Waals surface area contributed by atoms with Crippen LogP contribution in [0.3, 0.4) is 0 Å². The number of H-pyrrole nitrogens is 1. The van der Waals surface area contributed by atoms with Crippen molar-refractivity contribution < 1.29 is 29.1 Å². The van der Waals surface area contributed by atoms with Crippen molar-refractivity contribution in [3.63, 3.8) is 0 Å². The molecule has 0 atom stereocenters. The van der Waals surface area contributed by atoms with E-state index in [0.29, 0.717) is 11.3 Å². The van der Waals surface area contributed by atoms with Crippen LogP contribution < -0.4 is 4.74 Å². The predicted octanol–water partition coefficient (Wildman–Crippen LogP) is 2.29. The summed E-state index contributed by atoms with van der Waals surface area (Å²) < 4.78 is 10.7. The number of fused-ring (bicyclic) bond motifs is 1. The van der Waals surface area contributed by atoms with E-state index in [4.69, 9.17) is 9.47 Å². The maximum atomic E-state index is 12.7. The molecule has 1 aliphatic carbocycles. The van der Waals surface area contributed by atoms with Crippen molar-refractivity contribution in [2.24, 2.45) is 0 Å². The molecule has 0 spiro atoms. The topological polar surface area (TPSA) is 132 Å².